The maximum Gasteiger partial charge on any atom is 0.252 e. The largest absolute Gasteiger partial charge is 0.352 e. The first-order valence-electron chi connectivity index (χ1n) is 7.13. The van der Waals surface area contributed by atoms with E-state index in [-0.39, 0.29) is 5.91 Å². The molecule has 21 heavy (non-hydrogen) atoms. The molecule has 1 aliphatic heterocycles. The zero-order chi connectivity index (χ0) is 14.2. The Morgan fingerprint density at radius 3 is 2.81 bits per heavy atom. The number of amides is 1. The normalized spacial score (nSPS) is 14.0. The van der Waals surface area contributed by atoms with Gasteiger partial charge in [0.2, 0.25) is 0 Å². The lowest BCUT2D eigenvalue weighted by atomic mass is 10.1. The van der Waals surface area contributed by atoms with Gasteiger partial charge in [-0.1, -0.05) is 36.4 Å². The fourth-order valence-electron chi connectivity index (χ4n) is 2.94. The van der Waals surface area contributed by atoms with Gasteiger partial charge in [0, 0.05) is 18.4 Å². The third-order valence-corrected chi connectivity index (χ3v) is 3.92. The molecule has 4 rings (SSSR count). The highest BCUT2D eigenvalue weighted by Gasteiger charge is 2.21. The van der Waals surface area contributed by atoms with Crippen LogP contribution in [0.15, 0.2) is 48.5 Å². The van der Waals surface area contributed by atoms with Gasteiger partial charge in [-0.2, -0.15) is 5.10 Å². The number of carbonyl (C=O) groups is 1. The number of nitrogens with one attached hydrogen (secondary N) is 1. The molecule has 4 heteroatoms. The predicted molar refractivity (Wildman–Crippen MR) is 81.3 cm³/mol. The van der Waals surface area contributed by atoms with Crippen LogP contribution in [0, 0.1) is 0 Å². The summed E-state index contributed by atoms with van der Waals surface area (Å²) >= 11 is 0. The van der Waals surface area contributed by atoms with E-state index < -0.39 is 0 Å². The van der Waals surface area contributed by atoms with Crippen molar-refractivity contribution in [3.05, 3.63) is 65.4 Å². The quantitative estimate of drug-likeness (QED) is 0.781. The second-order valence-corrected chi connectivity index (χ2v) is 5.30. The van der Waals surface area contributed by atoms with Crippen molar-refractivity contribution in [1.29, 1.82) is 0 Å². The molecule has 2 aromatic carbocycles. The smallest absolute Gasteiger partial charge is 0.252 e. The fraction of sp³-hybridized carbons (Fsp3) is 0.176. The molecule has 0 aliphatic carbocycles. The van der Waals surface area contributed by atoms with E-state index in [9.17, 15) is 4.79 Å². The Morgan fingerprint density at radius 2 is 1.95 bits per heavy atom. The summed E-state index contributed by atoms with van der Waals surface area (Å²) in [6.45, 7) is 1.37. The second kappa shape index (κ2) is 4.74. The van der Waals surface area contributed by atoms with Crippen LogP contribution in [0.25, 0.3) is 10.9 Å². The van der Waals surface area contributed by atoms with E-state index in [0.29, 0.717) is 6.54 Å². The molecule has 104 valence electrons. The van der Waals surface area contributed by atoms with Gasteiger partial charge in [-0.15, -0.1) is 0 Å². The molecule has 0 fully saturated rings. The minimum Gasteiger partial charge on any atom is -0.352 e. The Bertz CT molecular complexity index is 821. The molecule has 0 saturated carbocycles. The average molecular weight is 277 g/mol. The first kappa shape index (κ1) is 12.1. The van der Waals surface area contributed by atoms with Crippen molar-refractivity contribution in [3.8, 4) is 0 Å². The maximum atomic E-state index is 12.1. The minimum absolute atomic E-state index is 0.00129. The van der Waals surface area contributed by atoms with Gasteiger partial charge in [-0.25, -0.2) is 0 Å². The average Bonchev–Trinajstić information content (AvgIpc) is 2.77. The van der Waals surface area contributed by atoms with Gasteiger partial charge >= 0.3 is 0 Å². The highest BCUT2D eigenvalue weighted by molar-refractivity contribution is 6.08. The minimum atomic E-state index is -0.00129. The lowest BCUT2D eigenvalue weighted by molar-refractivity contribution is 0.0957. The van der Waals surface area contributed by atoms with Crippen LogP contribution in [0.2, 0.25) is 0 Å². The van der Waals surface area contributed by atoms with Crippen molar-refractivity contribution in [2.75, 3.05) is 6.54 Å². The first-order valence-corrected chi connectivity index (χ1v) is 7.13. The van der Waals surface area contributed by atoms with E-state index in [1.807, 2.05) is 41.1 Å². The van der Waals surface area contributed by atoms with Crippen LogP contribution in [-0.2, 0) is 13.0 Å². The van der Waals surface area contributed by atoms with Gasteiger partial charge in [-0.3, -0.25) is 9.48 Å². The number of carbonyl (C=O) groups excluding carboxylic acids is 1. The van der Waals surface area contributed by atoms with Crippen molar-refractivity contribution in [3.63, 3.8) is 0 Å². The Kier molecular flexibility index (Phi) is 2.74. The summed E-state index contributed by atoms with van der Waals surface area (Å²) in [7, 11) is 0. The third kappa shape index (κ3) is 2.00. The molecule has 1 aliphatic rings. The molecule has 3 aromatic rings. The summed E-state index contributed by atoms with van der Waals surface area (Å²) < 4.78 is 2.00. The van der Waals surface area contributed by atoms with Crippen LogP contribution >= 0.6 is 0 Å². The molecule has 1 N–H and O–H groups in total. The van der Waals surface area contributed by atoms with E-state index in [1.54, 1.807) is 0 Å². The lowest BCUT2D eigenvalue weighted by Gasteiger charge is -2.06. The highest BCUT2D eigenvalue weighted by Crippen LogP contribution is 2.25. The maximum absolute atomic E-state index is 12.1. The number of nitrogens with zero attached hydrogens (tertiary/aromatic N) is 2. The number of hydrogen-bond donors (Lipinski definition) is 1. The van der Waals surface area contributed by atoms with Crippen molar-refractivity contribution in [2.45, 2.75) is 13.0 Å². The SMILES string of the molecule is O=C1NCCc2nn(Cc3ccccc3)c3cccc1c23. The summed E-state index contributed by atoms with van der Waals surface area (Å²) in [5.41, 5.74) is 3.98. The first-order chi connectivity index (χ1) is 10.3. The van der Waals surface area contributed by atoms with Crippen molar-refractivity contribution < 1.29 is 4.79 Å². The van der Waals surface area contributed by atoms with E-state index >= 15 is 0 Å². The molecule has 0 unspecified atom stereocenters. The summed E-state index contributed by atoms with van der Waals surface area (Å²) in [6.07, 6.45) is 0.779. The summed E-state index contributed by atoms with van der Waals surface area (Å²) in [6, 6.07) is 16.1. The second-order valence-electron chi connectivity index (χ2n) is 5.30. The summed E-state index contributed by atoms with van der Waals surface area (Å²) in [5, 5.41) is 8.66. The molecule has 0 spiro atoms. The number of rotatable bonds is 2. The summed E-state index contributed by atoms with van der Waals surface area (Å²) in [4.78, 5) is 12.1. The van der Waals surface area contributed by atoms with Crippen molar-refractivity contribution >= 4 is 16.8 Å². The van der Waals surface area contributed by atoms with E-state index in [2.05, 4.69) is 17.4 Å². The lowest BCUT2D eigenvalue weighted by Crippen LogP contribution is -2.23. The molecule has 0 atom stereocenters. The van der Waals surface area contributed by atoms with Crippen molar-refractivity contribution in [1.82, 2.24) is 15.1 Å². The molecule has 0 radical (unpaired) electrons. The highest BCUT2D eigenvalue weighted by atomic mass is 16.1. The van der Waals surface area contributed by atoms with Gasteiger partial charge in [-0.05, 0) is 17.7 Å². The third-order valence-electron chi connectivity index (χ3n) is 3.92. The Morgan fingerprint density at radius 1 is 1.10 bits per heavy atom. The molecule has 0 saturated heterocycles. The van der Waals surface area contributed by atoms with E-state index in [0.717, 1.165) is 35.1 Å². The number of hydrogen-bond acceptors (Lipinski definition) is 2. The standard InChI is InChI=1S/C17H15N3O/c21-17-13-7-4-8-15-16(13)14(9-10-18-17)19-20(15)11-12-5-2-1-3-6-12/h1-8H,9-11H2,(H,18,21). The zero-order valence-electron chi connectivity index (χ0n) is 11.5. The van der Waals surface area contributed by atoms with Crippen LogP contribution in [0.4, 0.5) is 0 Å². The molecule has 2 heterocycles. The van der Waals surface area contributed by atoms with Gasteiger partial charge in [0.05, 0.1) is 23.3 Å². The molecule has 1 aromatic heterocycles. The molecule has 0 bridgehead atoms. The predicted octanol–water partition coefficient (Wildman–Crippen LogP) is 2.37. The van der Waals surface area contributed by atoms with Gasteiger partial charge in [0.15, 0.2) is 0 Å². The van der Waals surface area contributed by atoms with Gasteiger partial charge < -0.3 is 5.32 Å². The van der Waals surface area contributed by atoms with Crippen LogP contribution in [-0.4, -0.2) is 22.2 Å². The molecular formula is C17H15N3O. The van der Waals surface area contributed by atoms with Crippen LogP contribution in [0.1, 0.15) is 21.6 Å². The van der Waals surface area contributed by atoms with Gasteiger partial charge in [0.25, 0.3) is 5.91 Å². The Balaban J connectivity index is 1.88. The molecule has 4 nitrogen and oxygen atoms in total. The van der Waals surface area contributed by atoms with E-state index in [4.69, 9.17) is 5.10 Å². The van der Waals surface area contributed by atoms with Crippen LogP contribution < -0.4 is 5.32 Å². The Hall–Kier alpha value is -2.62. The van der Waals surface area contributed by atoms with Crippen molar-refractivity contribution in [2.24, 2.45) is 0 Å². The zero-order valence-corrected chi connectivity index (χ0v) is 11.5. The fourth-order valence-corrected chi connectivity index (χ4v) is 2.94. The summed E-state index contributed by atoms with van der Waals surface area (Å²) in [5.74, 6) is -0.00129. The van der Waals surface area contributed by atoms with Crippen LogP contribution in [0.3, 0.4) is 0 Å². The van der Waals surface area contributed by atoms with Gasteiger partial charge in [0.1, 0.15) is 0 Å². The molecular weight excluding hydrogens is 262 g/mol. The Labute approximate surface area is 122 Å². The van der Waals surface area contributed by atoms with E-state index in [1.165, 1.54) is 5.56 Å². The number of benzene rings is 2. The van der Waals surface area contributed by atoms with Crippen LogP contribution in [0.5, 0.6) is 0 Å². The number of aromatic nitrogens is 2. The topological polar surface area (TPSA) is 46.9 Å². The molecule has 1 amide bonds. The monoisotopic (exact) mass is 277 g/mol.